The third kappa shape index (κ3) is 3.61. The molecule has 1 amide bonds. The Kier molecular flexibility index (Phi) is 4.96. The molecule has 1 aromatic carbocycles. The van der Waals surface area contributed by atoms with Crippen molar-refractivity contribution in [1.82, 2.24) is 4.90 Å². The molecular formula is C12H17BrN2O. The zero-order valence-corrected chi connectivity index (χ0v) is 11.2. The number of likely N-dealkylation sites (N-methyl/N-ethyl adjacent to an activating group) is 1. The van der Waals surface area contributed by atoms with Crippen molar-refractivity contribution >= 4 is 21.8 Å². The fourth-order valence-electron chi connectivity index (χ4n) is 1.35. The number of benzene rings is 1. The molecule has 0 aliphatic heterocycles. The topological polar surface area (TPSA) is 46.3 Å². The molecule has 16 heavy (non-hydrogen) atoms. The molecule has 88 valence electrons. The lowest BCUT2D eigenvalue weighted by molar-refractivity contribution is -0.130. The lowest BCUT2D eigenvalue weighted by atomic mass is 10.1. The minimum Gasteiger partial charge on any atom is -0.341 e. The maximum absolute atomic E-state index is 11.9. The molecular weight excluding hydrogens is 268 g/mol. The van der Waals surface area contributed by atoms with E-state index >= 15 is 0 Å². The van der Waals surface area contributed by atoms with Gasteiger partial charge in [-0.3, -0.25) is 4.79 Å². The van der Waals surface area contributed by atoms with Crippen molar-refractivity contribution in [3.63, 3.8) is 0 Å². The summed E-state index contributed by atoms with van der Waals surface area (Å²) in [5.41, 5.74) is 6.54. The van der Waals surface area contributed by atoms with Crippen LogP contribution in [0.5, 0.6) is 0 Å². The molecule has 0 bridgehead atoms. The number of hydrogen-bond acceptors (Lipinski definition) is 2. The van der Waals surface area contributed by atoms with Gasteiger partial charge in [0.15, 0.2) is 0 Å². The van der Waals surface area contributed by atoms with Crippen molar-refractivity contribution in [2.24, 2.45) is 5.73 Å². The third-order valence-electron chi connectivity index (χ3n) is 2.64. The summed E-state index contributed by atoms with van der Waals surface area (Å²) in [5, 5.41) is 0. The van der Waals surface area contributed by atoms with E-state index in [0.717, 1.165) is 10.0 Å². The predicted octanol–water partition coefficient (Wildman–Crippen LogP) is 1.80. The lowest BCUT2D eigenvalue weighted by Crippen LogP contribution is -2.40. The van der Waals surface area contributed by atoms with Crippen LogP contribution in [0.4, 0.5) is 0 Å². The van der Waals surface area contributed by atoms with E-state index < -0.39 is 0 Å². The Bertz CT molecular complexity index is 368. The van der Waals surface area contributed by atoms with E-state index in [1.807, 2.05) is 31.2 Å². The van der Waals surface area contributed by atoms with Crippen LogP contribution in [-0.2, 0) is 11.2 Å². The van der Waals surface area contributed by atoms with Crippen LogP contribution in [0, 0.1) is 0 Å². The molecule has 2 N–H and O–H groups in total. The van der Waals surface area contributed by atoms with Crippen molar-refractivity contribution in [2.75, 3.05) is 13.6 Å². The molecule has 1 rings (SSSR count). The van der Waals surface area contributed by atoms with Gasteiger partial charge in [0, 0.05) is 24.1 Å². The van der Waals surface area contributed by atoms with E-state index in [1.165, 1.54) is 0 Å². The first kappa shape index (κ1) is 13.2. The van der Waals surface area contributed by atoms with Gasteiger partial charge in [-0.05, 0) is 24.6 Å². The Balaban J connectivity index is 2.64. The van der Waals surface area contributed by atoms with Gasteiger partial charge in [-0.2, -0.15) is 0 Å². The summed E-state index contributed by atoms with van der Waals surface area (Å²) in [5.74, 6) is 0.0936. The molecule has 0 aromatic heterocycles. The Hall–Kier alpha value is -0.870. The highest BCUT2D eigenvalue weighted by atomic mass is 79.9. The first-order valence-electron chi connectivity index (χ1n) is 5.24. The molecule has 0 heterocycles. The van der Waals surface area contributed by atoms with Gasteiger partial charge in [-0.25, -0.2) is 0 Å². The van der Waals surface area contributed by atoms with Crippen LogP contribution in [-0.4, -0.2) is 30.4 Å². The average Bonchev–Trinajstić information content (AvgIpc) is 2.27. The Morgan fingerprint density at radius 1 is 1.56 bits per heavy atom. The van der Waals surface area contributed by atoms with Crippen molar-refractivity contribution in [3.8, 4) is 0 Å². The van der Waals surface area contributed by atoms with Crippen LogP contribution in [0.25, 0.3) is 0 Å². The van der Waals surface area contributed by atoms with Gasteiger partial charge in [-0.1, -0.05) is 28.1 Å². The van der Waals surface area contributed by atoms with Crippen LogP contribution >= 0.6 is 15.9 Å². The second-order valence-electron chi connectivity index (χ2n) is 3.90. The predicted molar refractivity (Wildman–Crippen MR) is 69.1 cm³/mol. The first-order valence-corrected chi connectivity index (χ1v) is 6.04. The minimum absolute atomic E-state index is 0.0830. The largest absolute Gasteiger partial charge is 0.341 e. The van der Waals surface area contributed by atoms with Gasteiger partial charge < -0.3 is 10.6 Å². The summed E-state index contributed by atoms with van der Waals surface area (Å²) in [6.45, 7) is 2.43. The molecule has 0 spiro atoms. The Morgan fingerprint density at radius 3 is 2.81 bits per heavy atom. The second-order valence-corrected chi connectivity index (χ2v) is 4.81. The maximum Gasteiger partial charge on any atom is 0.227 e. The number of amides is 1. The van der Waals surface area contributed by atoms with Crippen LogP contribution in [0.3, 0.4) is 0 Å². The minimum atomic E-state index is 0.0830. The highest BCUT2D eigenvalue weighted by Gasteiger charge is 2.14. The molecule has 0 saturated carbocycles. The van der Waals surface area contributed by atoms with Gasteiger partial charge in [0.05, 0.1) is 6.42 Å². The number of nitrogens with two attached hydrogens (primary N) is 1. The van der Waals surface area contributed by atoms with Crippen molar-refractivity contribution < 1.29 is 4.79 Å². The standard InChI is InChI=1S/C12H17BrN2O/c1-9(8-14)15(2)12(16)7-10-4-3-5-11(13)6-10/h3-6,9H,7-8,14H2,1-2H3. The summed E-state index contributed by atoms with van der Waals surface area (Å²) in [6, 6.07) is 7.86. The lowest BCUT2D eigenvalue weighted by Gasteiger charge is -2.23. The van der Waals surface area contributed by atoms with Crippen LogP contribution in [0.1, 0.15) is 12.5 Å². The summed E-state index contributed by atoms with van der Waals surface area (Å²) in [7, 11) is 1.79. The number of carbonyl (C=O) groups excluding carboxylic acids is 1. The summed E-state index contributed by atoms with van der Waals surface area (Å²) < 4.78 is 0.993. The molecule has 0 aliphatic carbocycles. The summed E-state index contributed by atoms with van der Waals surface area (Å²) in [4.78, 5) is 13.6. The van der Waals surface area contributed by atoms with E-state index in [1.54, 1.807) is 11.9 Å². The molecule has 1 atom stereocenters. The summed E-state index contributed by atoms with van der Waals surface area (Å²) >= 11 is 3.39. The smallest absolute Gasteiger partial charge is 0.227 e. The van der Waals surface area contributed by atoms with Crippen molar-refractivity contribution in [3.05, 3.63) is 34.3 Å². The summed E-state index contributed by atoms with van der Waals surface area (Å²) in [6.07, 6.45) is 0.417. The Morgan fingerprint density at radius 2 is 2.25 bits per heavy atom. The number of carbonyl (C=O) groups is 1. The first-order chi connectivity index (χ1) is 7.54. The normalized spacial score (nSPS) is 12.2. The number of hydrogen-bond donors (Lipinski definition) is 1. The van der Waals surface area contributed by atoms with Gasteiger partial charge in [0.2, 0.25) is 5.91 Å². The SMILES string of the molecule is CC(CN)N(C)C(=O)Cc1cccc(Br)c1. The fraction of sp³-hybridized carbons (Fsp3) is 0.417. The second kappa shape index (κ2) is 6.01. The molecule has 4 heteroatoms. The van der Waals surface area contributed by atoms with E-state index in [2.05, 4.69) is 15.9 Å². The number of nitrogens with zero attached hydrogens (tertiary/aromatic N) is 1. The van der Waals surface area contributed by atoms with Crippen molar-refractivity contribution in [1.29, 1.82) is 0 Å². The van der Waals surface area contributed by atoms with E-state index in [9.17, 15) is 4.79 Å². The fourth-order valence-corrected chi connectivity index (χ4v) is 1.80. The Labute approximate surface area is 105 Å². The maximum atomic E-state index is 11.9. The zero-order chi connectivity index (χ0) is 12.1. The van der Waals surface area contributed by atoms with Crippen LogP contribution in [0.2, 0.25) is 0 Å². The van der Waals surface area contributed by atoms with E-state index in [-0.39, 0.29) is 11.9 Å². The average molecular weight is 285 g/mol. The van der Waals surface area contributed by atoms with Gasteiger partial charge >= 0.3 is 0 Å². The third-order valence-corrected chi connectivity index (χ3v) is 3.13. The molecule has 3 nitrogen and oxygen atoms in total. The molecule has 1 aromatic rings. The molecule has 0 fully saturated rings. The highest BCUT2D eigenvalue weighted by Crippen LogP contribution is 2.13. The van der Waals surface area contributed by atoms with Gasteiger partial charge in [0.1, 0.15) is 0 Å². The zero-order valence-electron chi connectivity index (χ0n) is 9.61. The number of halogens is 1. The molecule has 0 aliphatic rings. The quantitative estimate of drug-likeness (QED) is 0.917. The molecule has 1 unspecified atom stereocenters. The van der Waals surface area contributed by atoms with Crippen LogP contribution < -0.4 is 5.73 Å². The van der Waals surface area contributed by atoms with Gasteiger partial charge in [0.25, 0.3) is 0 Å². The molecule has 0 saturated heterocycles. The van der Waals surface area contributed by atoms with Gasteiger partial charge in [-0.15, -0.1) is 0 Å². The highest BCUT2D eigenvalue weighted by molar-refractivity contribution is 9.10. The van der Waals surface area contributed by atoms with Crippen LogP contribution in [0.15, 0.2) is 28.7 Å². The number of rotatable bonds is 4. The van der Waals surface area contributed by atoms with E-state index in [0.29, 0.717) is 13.0 Å². The monoisotopic (exact) mass is 284 g/mol. The molecule has 0 radical (unpaired) electrons. The van der Waals surface area contributed by atoms with Crippen molar-refractivity contribution in [2.45, 2.75) is 19.4 Å². The van der Waals surface area contributed by atoms with E-state index in [4.69, 9.17) is 5.73 Å².